The first-order valence-corrected chi connectivity index (χ1v) is 15.7. The Bertz CT molecular complexity index is 1490. The molecule has 1 atom stereocenters. The van der Waals surface area contributed by atoms with Crippen molar-refractivity contribution < 1.29 is 14.0 Å². The van der Waals surface area contributed by atoms with E-state index in [9.17, 15) is 14.0 Å². The van der Waals surface area contributed by atoms with Gasteiger partial charge in [-0.15, -0.1) is 0 Å². The molecule has 0 aromatic heterocycles. The summed E-state index contributed by atoms with van der Waals surface area (Å²) in [5.41, 5.74) is 3.76. The van der Waals surface area contributed by atoms with Crippen LogP contribution in [0.15, 0.2) is 72.4 Å². The van der Waals surface area contributed by atoms with Crippen molar-refractivity contribution in [3.8, 4) is 0 Å². The average molecular weight is 584 g/mol. The molecule has 0 spiro atoms. The zero-order valence-corrected chi connectivity index (χ0v) is 25.0. The van der Waals surface area contributed by atoms with Crippen LogP contribution in [0.25, 0.3) is 10.8 Å². The number of rotatable bonds is 7. The van der Waals surface area contributed by atoms with Crippen LogP contribution in [0.2, 0.25) is 0 Å². The van der Waals surface area contributed by atoms with Crippen LogP contribution in [0.5, 0.6) is 0 Å². The van der Waals surface area contributed by atoms with Gasteiger partial charge in [-0.2, -0.15) is 0 Å². The molecule has 3 aliphatic rings. The lowest BCUT2D eigenvalue weighted by Gasteiger charge is -2.36. The number of amides is 3. The van der Waals surface area contributed by atoms with E-state index >= 15 is 0 Å². The van der Waals surface area contributed by atoms with E-state index in [1.165, 1.54) is 40.6 Å². The number of allylic oxidation sites excluding steroid dienone is 2. The van der Waals surface area contributed by atoms with E-state index in [-0.39, 0.29) is 30.4 Å². The Morgan fingerprint density at radius 2 is 1.72 bits per heavy atom. The fourth-order valence-corrected chi connectivity index (χ4v) is 6.86. The first-order chi connectivity index (χ1) is 20.9. The standard InChI is InChI=1S/C35H42FN5O2/c1-25(32-12-6-8-27-7-2-5-11-33(27)32)39-15-13-28(14-16-39)34(42)37-24-26-21-29(36)23-30(22-26)38-35(43)41-19-17-40(18-20-41)31-9-3-4-10-31/h2,5-9,11-12,21-23,25,28H,3-4,10,13-20,24H2,1H3,(H,37,42)(H,38,43)/t25-/m1/s1. The average Bonchev–Trinajstić information content (AvgIpc) is 3.58. The van der Waals surface area contributed by atoms with Crippen LogP contribution in [0.3, 0.4) is 0 Å². The summed E-state index contributed by atoms with van der Waals surface area (Å²) in [6.45, 7) is 7.09. The number of anilines is 1. The third kappa shape index (κ3) is 6.85. The van der Waals surface area contributed by atoms with Gasteiger partial charge in [-0.1, -0.05) is 48.5 Å². The number of nitrogens with one attached hydrogen (secondary N) is 2. The van der Waals surface area contributed by atoms with Crippen LogP contribution in [-0.2, 0) is 11.3 Å². The molecule has 226 valence electrons. The van der Waals surface area contributed by atoms with E-state index in [4.69, 9.17) is 0 Å². The molecule has 7 nitrogen and oxygen atoms in total. The van der Waals surface area contributed by atoms with Gasteiger partial charge >= 0.3 is 6.03 Å². The molecule has 8 heteroatoms. The van der Waals surface area contributed by atoms with E-state index in [0.29, 0.717) is 24.3 Å². The predicted octanol–water partition coefficient (Wildman–Crippen LogP) is 6.29. The zero-order chi connectivity index (χ0) is 29.8. The Hall–Kier alpha value is -3.91. The fourth-order valence-electron chi connectivity index (χ4n) is 6.86. The predicted molar refractivity (Wildman–Crippen MR) is 169 cm³/mol. The summed E-state index contributed by atoms with van der Waals surface area (Å²) < 4.78 is 14.5. The highest BCUT2D eigenvalue weighted by Crippen LogP contribution is 2.31. The van der Waals surface area contributed by atoms with Crippen molar-refractivity contribution in [3.63, 3.8) is 0 Å². The van der Waals surface area contributed by atoms with Crippen LogP contribution < -0.4 is 10.6 Å². The van der Waals surface area contributed by atoms with E-state index in [1.807, 2.05) is 0 Å². The molecule has 3 aromatic rings. The number of urea groups is 1. The largest absolute Gasteiger partial charge is 0.372 e. The number of hydrogen-bond donors (Lipinski definition) is 2. The maximum absolute atomic E-state index is 14.5. The molecule has 2 N–H and O–H groups in total. The van der Waals surface area contributed by atoms with Gasteiger partial charge in [0.15, 0.2) is 0 Å². The van der Waals surface area contributed by atoms with Crippen LogP contribution in [0.1, 0.15) is 56.2 Å². The summed E-state index contributed by atoms with van der Waals surface area (Å²) in [5.74, 6) is -0.499. The van der Waals surface area contributed by atoms with Gasteiger partial charge in [0.05, 0.1) is 0 Å². The number of likely N-dealkylation sites (tertiary alicyclic amines) is 1. The van der Waals surface area contributed by atoms with Crippen LogP contribution in [-0.4, -0.2) is 65.9 Å². The minimum absolute atomic E-state index is 0.00237. The quantitative estimate of drug-likeness (QED) is 0.343. The zero-order valence-electron chi connectivity index (χ0n) is 25.0. The summed E-state index contributed by atoms with van der Waals surface area (Å²) in [6.07, 6.45) is 7.36. The number of hydrogen-bond acceptors (Lipinski definition) is 4. The molecule has 43 heavy (non-hydrogen) atoms. The van der Waals surface area contributed by atoms with Gasteiger partial charge in [0.2, 0.25) is 5.91 Å². The number of halogens is 1. The van der Waals surface area contributed by atoms with Gasteiger partial charge in [0.25, 0.3) is 0 Å². The third-order valence-corrected chi connectivity index (χ3v) is 9.39. The van der Waals surface area contributed by atoms with Crippen molar-refractivity contribution in [1.29, 1.82) is 0 Å². The Morgan fingerprint density at radius 1 is 0.953 bits per heavy atom. The minimum Gasteiger partial charge on any atom is -0.372 e. The smallest absolute Gasteiger partial charge is 0.321 e. The second kappa shape index (κ2) is 13.2. The van der Waals surface area contributed by atoms with Crippen LogP contribution >= 0.6 is 0 Å². The summed E-state index contributed by atoms with van der Waals surface area (Å²) in [6, 6.07) is 19.5. The molecule has 0 unspecified atom stereocenters. The van der Waals surface area contributed by atoms with Crippen molar-refractivity contribution in [1.82, 2.24) is 20.0 Å². The fraction of sp³-hybridized carbons (Fsp3) is 0.429. The molecule has 2 heterocycles. The maximum Gasteiger partial charge on any atom is 0.321 e. The molecular formula is C35H42FN5O2. The molecule has 0 radical (unpaired) electrons. The highest BCUT2D eigenvalue weighted by Gasteiger charge is 2.28. The first-order valence-electron chi connectivity index (χ1n) is 15.7. The summed E-state index contributed by atoms with van der Waals surface area (Å²) >= 11 is 0. The highest BCUT2D eigenvalue weighted by molar-refractivity contribution is 5.89. The van der Waals surface area contributed by atoms with E-state index in [1.54, 1.807) is 11.0 Å². The SMILES string of the molecule is C[C@H](c1cccc2ccccc12)N1CCC(C(=O)NCc2cc(F)cc(NC(=O)N3CCN(C4=CCCC4)CC3)c2)CC1. The molecular weight excluding hydrogens is 541 g/mol. The number of fused-ring (bicyclic) bond motifs is 1. The van der Waals surface area contributed by atoms with Crippen molar-refractivity contribution >= 4 is 28.4 Å². The molecule has 0 bridgehead atoms. The minimum atomic E-state index is -0.434. The summed E-state index contributed by atoms with van der Waals surface area (Å²) in [5, 5.41) is 8.40. The van der Waals surface area contributed by atoms with Crippen molar-refractivity contribution in [2.24, 2.45) is 5.92 Å². The Labute approximate surface area is 253 Å². The molecule has 2 fully saturated rings. The molecule has 6 rings (SSSR count). The lowest BCUT2D eigenvalue weighted by Crippen LogP contribution is -2.49. The van der Waals surface area contributed by atoms with Gasteiger partial charge in [-0.3, -0.25) is 9.69 Å². The van der Waals surface area contributed by atoms with Crippen molar-refractivity contribution in [2.45, 2.75) is 51.6 Å². The van der Waals surface area contributed by atoms with Gasteiger partial charge < -0.3 is 20.4 Å². The van der Waals surface area contributed by atoms with E-state index in [0.717, 1.165) is 51.9 Å². The molecule has 2 saturated heterocycles. The molecule has 3 aromatic carbocycles. The summed E-state index contributed by atoms with van der Waals surface area (Å²) in [7, 11) is 0. The third-order valence-electron chi connectivity index (χ3n) is 9.39. The summed E-state index contributed by atoms with van der Waals surface area (Å²) in [4.78, 5) is 32.6. The number of carbonyl (C=O) groups is 2. The molecule has 0 saturated carbocycles. The normalized spacial score (nSPS) is 18.9. The lowest BCUT2D eigenvalue weighted by atomic mass is 9.92. The Morgan fingerprint density at radius 3 is 2.49 bits per heavy atom. The lowest BCUT2D eigenvalue weighted by molar-refractivity contribution is -0.126. The van der Waals surface area contributed by atoms with Gasteiger partial charge in [-0.25, -0.2) is 9.18 Å². The molecule has 1 aliphatic carbocycles. The Kier molecular flexibility index (Phi) is 8.93. The van der Waals surface area contributed by atoms with Crippen LogP contribution in [0.4, 0.5) is 14.9 Å². The second-order valence-electron chi connectivity index (χ2n) is 12.1. The number of carbonyl (C=O) groups excluding carboxylic acids is 2. The van der Waals surface area contributed by atoms with Gasteiger partial charge in [0.1, 0.15) is 5.82 Å². The number of nitrogens with zero attached hydrogens (tertiary/aromatic N) is 3. The number of piperidine rings is 1. The monoisotopic (exact) mass is 583 g/mol. The Balaban J connectivity index is 0.980. The number of benzene rings is 3. The van der Waals surface area contributed by atoms with Gasteiger partial charge in [-0.05, 0) is 92.2 Å². The van der Waals surface area contributed by atoms with E-state index in [2.05, 4.69) is 75.9 Å². The topological polar surface area (TPSA) is 67.9 Å². The van der Waals surface area contributed by atoms with Crippen molar-refractivity contribution in [2.75, 3.05) is 44.6 Å². The first kappa shape index (κ1) is 29.2. The maximum atomic E-state index is 14.5. The molecule has 2 aliphatic heterocycles. The van der Waals surface area contributed by atoms with E-state index < -0.39 is 5.82 Å². The van der Waals surface area contributed by atoms with Crippen LogP contribution in [0, 0.1) is 11.7 Å². The highest BCUT2D eigenvalue weighted by atomic mass is 19.1. The van der Waals surface area contributed by atoms with Gasteiger partial charge in [0, 0.05) is 56.1 Å². The van der Waals surface area contributed by atoms with Crippen molar-refractivity contribution in [3.05, 3.63) is 89.4 Å². The second-order valence-corrected chi connectivity index (χ2v) is 12.1. The number of piperazine rings is 1. The molecule has 3 amide bonds.